The van der Waals surface area contributed by atoms with Gasteiger partial charge in [0.1, 0.15) is 5.69 Å². The van der Waals surface area contributed by atoms with E-state index in [2.05, 4.69) is 30.8 Å². The number of ether oxygens (including phenoxy) is 1. The van der Waals surface area contributed by atoms with Crippen molar-refractivity contribution < 1.29 is 9.53 Å². The van der Waals surface area contributed by atoms with Crippen LogP contribution in [0.5, 0.6) is 0 Å². The summed E-state index contributed by atoms with van der Waals surface area (Å²) >= 11 is 0. The summed E-state index contributed by atoms with van der Waals surface area (Å²) in [7, 11) is 1.65. The number of nitrogens with one attached hydrogen (secondary N) is 2. The van der Waals surface area contributed by atoms with Crippen molar-refractivity contribution in [3.8, 4) is 11.5 Å². The Morgan fingerprint density at radius 3 is 2.83 bits per heavy atom. The fraction of sp³-hybridized carbons (Fsp3) is 0.211. The van der Waals surface area contributed by atoms with Crippen LogP contribution in [0.3, 0.4) is 0 Å². The molecule has 0 aliphatic rings. The van der Waals surface area contributed by atoms with Crippen LogP contribution >= 0.6 is 0 Å². The molecule has 0 atom stereocenters. The summed E-state index contributed by atoms with van der Waals surface area (Å²) in [5.74, 6) is 0.554. The third-order valence-electron chi connectivity index (χ3n) is 4.24. The van der Waals surface area contributed by atoms with E-state index in [4.69, 9.17) is 4.74 Å². The number of methoxy groups -OCH3 is 1. The SMILES string of the molecule is COCCn1nccc1-c1nc2ccc(NC(=O)NCc3ccncc3)cn2n1. The minimum Gasteiger partial charge on any atom is -0.383 e. The first-order valence-electron chi connectivity index (χ1n) is 9.04. The van der Waals surface area contributed by atoms with Crippen molar-refractivity contribution in [3.63, 3.8) is 0 Å². The summed E-state index contributed by atoms with van der Waals surface area (Å²) in [6.07, 6.45) is 6.79. The molecule has 148 valence electrons. The lowest BCUT2D eigenvalue weighted by molar-refractivity contribution is 0.184. The Morgan fingerprint density at radius 2 is 2.00 bits per heavy atom. The van der Waals surface area contributed by atoms with Gasteiger partial charge in [0, 0.05) is 32.2 Å². The Bertz CT molecular complexity index is 1110. The summed E-state index contributed by atoms with van der Waals surface area (Å²) < 4.78 is 8.53. The molecule has 0 radical (unpaired) electrons. The van der Waals surface area contributed by atoms with Crippen LogP contribution < -0.4 is 10.6 Å². The topological polar surface area (TPSA) is 111 Å². The Kier molecular flexibility index (Phi) is 5.43. The fourth-order valence-electron chi connectivity index (χ4n) is 2.80. The Labute approximate surface area is 166 Å². The number of anilines is 1. The van der Waals surface area contributed by atoms with E-state index in [1.165, 1.54) is 0 Å². The average Bonchev–Trinajstić information content (AvgIpc) is 3.37. The molecule has 4 aromatic rings. The van der Waals surface area contributed by atoms with Crippen LogP contribution in [0, 0.1) is 0 Å². The minimum atomic E-state index is -0.306. The van der Waals surface area contributed by atoms with Gasteiger partial charge in [-0.15, -0.1) is 5.10 Å². The van der Waals surface area contributed by atoms with E-state index in [-0.39, 0.29) is 6.03 Å². The number of hydrogen-bond donors (Lipinski definition) is 2. The van der Waals surface area contributed by atoms with Crippen molar-refractivity contribution in [3.05, 3.63) is 60.7 Å². The third-order valence-corrected chi connectivity index (χ3v) is 4.24. The van der Waals surface area contributed by atoms with Gasteiger partial charge in [-0.05, 0) is 35.9 Å². The van der Waals surface area contributed by atoms with Gasteiger partial charge in [-0.3, -0.25) is 9.67 Å². The molecule has 4 aromatic heterocycles. The predicted molar refractivity (Wildman–Crippen MR) is 106 cm³/mol. The van der Waals surface area contributed by atoms with Crippen LogP contribution in [0.2, 0.25) is 0 Å². The van der Waals surface area contributed by atoms with Crippen molar-refractivity contribution in [2.45, 2.75) is 13.1 Å². The second kappa shape index (κ2) is 8.48. The lowest BCUT2D eigenvalue weighted by Gasteiger charge is -2.07. The molecule has 0 unspecified atom stereocenters. The zero-order chi connectivity index (χ0) is 20.1. The van der Waals surface area contributed by atoms with Gasteiger partial charge >= 0.3 is 6.03 Å². The number of rotatable bonds is 7. The standard InChI is InChI=1S/C19H20N8O2/c1-29-11-10-26-16(6-9-22-26)18-24-17-3-2-15(13-27(17)25-18)23-19(28)21-12-14-4-7-20-8-5-14/h2-9,13H,10-12H2,1H3,(H2,21,23,28). The molecule has 0 aliphatic heterocycles. The molecule has 2 amide bonds. The largest absolute Gasteiger partial charge is 0.383 e. The van der Waals surface area contributed by atoms with Crippen LogP contribution in [-0.2, 0) is 17.8 Å². The monoisotopic (exact) mass is 392 g/mol. The van der Waals surface area contributed by atoms with E-state index in [0.717, 1.165) is 11.3 Å². The number of urea groups is 1. The fourth-order valence-corrected chi connectivity index (χ4v) is 2.80. The van der Waals surface area contributed by atoms with Crippen molar-refractivity contribution in [2.75, 3.05) is 19.0 Å². The van der Waals surface area contributed by atoms with Gasteiger partial charge in [-0.2, -0.15) is 5.10 Å². The Morgan fingerprint density at radius 1 is 1.14 bits per heavy atom. The third kappa shape index (κ3) is 4.38. The first kappa shape index (κ1) is 18.6. The highest BCUT2D eigenvalue weighted by Crippen LogP contribution is 2.17. The van der Waals surface area contributed by atoms with Gasteiger partial charge in [0.25, 0.3) is 0 Å². The van der Waals surface area contributed by atoms with Crippen molar-refractivity contribution in [1.82, 2.24) is 34.7 Å². The van der Waals surface area contributed by atoms with Gasteiger partial charge in [-0.25, -0.2) is 14.3 Å². The van der Waals surface area contributed by atoms with E-state index in [0.29, 0.717) is 36.9 Å². The molecule has 0 aromatic carbocycles. The lowest BCUT2D eigenvalue weighted by atomic mass is 10.3. The lowest BCUT2D eigenvalue weighted by Crippen LogP contribution is -2.28. The molecule has 0 saturated carbocycles. The van der Waals surface area contributed by atoms with Gasteiger partial charge in [0.15, 0.2) is 11.5 Å². The summed E-state index contributed by atoms with van der Waals surface area (Å²) in [5.41, 5.74) is 3.04. The maximum absolute atomic E-state index is 12.2. The second-order valence-corrected chi connectivity index (χ2v) is 6.25. The van der Waals surface area contributed by atoms with Crippen molar-refractivity contribution in [2.24, 2.45) is 0 Å². The van der Waals surface area contributed by atoms with E-state index >= 15 is 0 Å². The maximum Gasteiger partial charge on any atom is 0.319 e. The van der Waals surface area contributed by atoms with E-state index in [1.807, 2.05) is 18.2 Å². The number of pyridine rings is 2. The van der Waals surface area contributed by atoms with Crippen molar-refractivity contribution >= 4 is 17.4 Å². The normalized spacial score (nSPS) is 10.9. The molecule has 4 heterocycles. The molecule has 2 N–H and O–H groups in total. The van der Waals surface area contributed by atoms with E-state index < -0.39 is 0 Å². The molecular weight excluding hydrogens is 372 g/mol. The van der Waals surface area contributed by atoms with Crippen LogP contribution in [0.15, 0.2) is 55.1 Å². The van der Waals surface area contributed by atoms with Gasteiger partial charge in [0.2, 0.25) is 0 Å². The number of aromatic nitrogens is 6. The molecule has 10 heteroatoms. The quantitative estimate of drug-likeness (QED) is 0.497. The predicted octanol–water partition coefficient (Wildman–Crippen LogP) is 1.96. The molecule has 0 bridgehead atoms. The molecule has 4 rings (SSSR count). The Balaban J connectivity index is 1.46. The van der Waals surface area contributed by atoms with Crippen molar-refractivity contribution in [1.29, 1.82) is 0 Å². The molecule has 0 saturated heterocycles. The molecule has 0 aliphatic carbocycles. The number of fused-ring (bicyclic) bond motifs is 1. The zero-order valence-electron chi connectivity index (χ0n) is 15.8. The first-order chi connectivity index (χ1) is 14.2. The van der Waals surface area contributed by atoms with E-state index in [1.54, 1.807) is 53.2 Å². The molecule has 0 fully saturated rings. The number of carbonyl (C=O) groups excluding carboxylic acids is 1. The number of nitrogens with zero attached hydrogens (tertiary/aromatic N) is 6. The van der Waals surface area contributed by atoms with Gasteiger partial charge < -0.3 is 15.4 Å². The number of amides is 2. The maximum atomic E-state index is 12.2. The smallest absolute Gasteiger partial charge is 0.319 e. The van der Waals surface area contributed by atoms with Gasteiger partial charge in [-0.1, -0.05) is 0 Å². The molecule has 29 heavy (non-hydrogen) atoms. The highest BCUT2D eigenvalue weighted by Gasteiger charge is 2.12. The first-order valence-corrected chi connectivity index (χ1v) is 9.04. The number of hydrogen-bond acceptors (Lipinski definition) is 6. The van der Waals surface area contributed by atoms with Crippen LogP contribution in [0.1, 0.15) is 5.56 Å². The minimum absolute atomic E-state index is 0.306. The average molecular weight is 392 g/mol. The molecule has 0 spiro atoms. The van der Waals surface area contributed by atoms with Crippen LogP contribution in [0.25, 0.3) is 17.2 Å². The highest BCUT2D eigenvalue weighted by molar-refractivity contribution is 5.89. The number of carbonyl (C=O) groups is 1. The zero-order valence-corrected chi connectivity index (χ0v) is 15.8. The van der Waals surface area contributed by atoms with Crippen LogP contribution in [-0.4, -0.2) is 49.1 Å². The summed E-state index contributed by atoms with van der Waals surface area (Å²) in [5, 5.41) is 14.4. The highest BCUT2D eigenvalue weighted by atomic mass is 16.5. The van der Waals surface area contributed by atoms with E-state index in [9.17, 15) is 4.79 Å². The summed E-state index contributed by atoms with van der Waals surface area (Å²) in [6, 6.07) is 8.82. The molecule has 10 nitrogen and oxygen atoms in total. The Hall–Kier alpha value is -3.79. The van der Waals surface area contributed by atoms with Gasteiger partial charge in [0.05, 0.1) is 25.0 Å². The summed E-state index contributed by atoms with van der Waals surface area (Å²) in [4.78, 5) is 20.6. The second-order valence-electron chi connectivity index (χ2n) is 6.25. The van der Waals surface area contributed by atoms with Crippen LogP contribution in [0.4, 0.5) is 10.5 Å². The molecular formula is C19H20N8O2. The summed E-state index contributed by atoms with van der Waals surface area (Å²) in [6.45, 7) is 1.57.